The number of pyridine rings is 1. The zero-order chi connectivity index (χ0) is 35.3. The van der Waals surface area contributed by atoms with Crippen molar-refractivity contribution in [3.8, 4) is 28.7 Å². The molecule has 1 amide bonds. The van der Waals surface area contributed by atoms with Gasteiger partial charge in [0.2, 0.25) is 0 Å². The van der Waals surface area contributed by atoms with Gasteiger partial charge in [-0.3, -0.25) is 19.5 Å². The van der Waals surface area contributed by atoms with E-state index in [0.29, 0.717) is 55.7 Å². The van der Waals surface area contributed by atoms with E-state index in [4.69, 9.17) is 18.9 Å². The summed E-state index contributed by atoms with van der Waals surface area (Å²) in [5.74, 6) is 0.0218. The zero-order valence-electron chi connectivity index (χ0n) is 27.6. The summed E-state index contributed by atoms with van der Waals surface area (Å²) < 4.78 is 40.4. The van der Waals surface area contributed by atoms with Gasteiger partial charge in [-0.05, 0) is 64.8 Å². The largest absolute Gasteiger partial charge is 0.493 e. The normalized spacial score (nSPS) is 13.3. The molecule has 0 aliphatic carbocycles. The quantitative estimate of drug-likeness (QED) is 0.140. The molecular formula is C38H33BrFN5O6. The summed E-state index contributed by atoms with van der Waals surface area (Å²) in [5, 5.41) is 8.42. The Kier molecular flexibility index (Phi) is 10.2. The van der Waals surface area contributed by atoms with E-state index in [1.165, 1.54) is 16.8 Å². The number of hydrogen-bond acceptors (Lipinski definition) is 9. The third-order valence-corrected chi connectivity index (χ3v) is 9.15. The highest BCUT2D eigenvalue weighted by Gasteiger charge is 2.20. The second-order valence-corrected chi connectivity index (χ2v) is 12.6. The molecule has 1 aliphatic rings. The molecule has 1 saturated heterocycles. The fourth-order valence-electron chi connectivity index (χ4n) is 5.90. The van der Waals surface area contributed by atoms with Crippen LogP contribution in [0.4, 0.5) is 10.1 Å². The minimum Gasteiger partial charge on any atom is -0.493 e. The van der Waals surface area contributed by atoms with E-state index < -0.39 is 11.7 Å². The Morgan fingerprint density at radius 3 is 2.49 bits per heavy atom. The molecule has 1 fully saturated rings. The van der Waals surface area contributed by atoms with Crippen LogP contribution in [0.5, 0.6) is 23.0 Å². The highest BCUT2D eigenvalue weighted by molar-refractivity contribution is 9.10. The number of nitrogens with zero attached hydrogens (tertiary/aromatic N) is 4. The van der Waals surface area contributed by atoms with Crippen LogP contribution in [0.2, 0.25) is 0 Å². The summed E-state index contributed by atoms with van der Waals surface area (Å²) in [6.45, 7) is 4.77. The predicted octanol–water partition coefficient (Wildman–Crippen LogP) is 6.99. The highest BCUT2D eigenvalue weighted by Crippen LogP contribution is 2.38. The predicted molar refractivity (Wildman–Crippen MR) is 195 cm³/mol. The van der Waals surface area contributed by atoms with Crippen molar-refractivity contribution in [1.29, 1.82) is 0 Å². The lowest BCUT2D eigenvalue weighted by Gasteiger charge is -2.26. The van der Waals surface area contributed by atoms with Crippen LogP contribution in [0, 0.1) is 5.82 Å². The molecule has 0 atom stereocenters. The van der Waals surface area contributed by atoms with Gasteiger partial charge in [0.1, 0.15) is 5.75 Å². The van der Waals surface area contributed by atoms with Gasteiger partial charge in [0, 0.05) is 58.9 Å². The molecule has 1 N–H and O–H groups in total. The van der Waals surface area contributed by atoms with Gasteiger partial charge in [0.25, 0.3) is 11.5 Å². The van der Waals surface area contributed by atoms with E-state index in [0.717, 1.165) is 45.3 Å². The molecule has 4 aromatic carbocycles. The Hall–Kier alpha value is -5.37. The summed E-state index contributed by atoms with van der Waals surface area (Å²) in [6.07, 6.45) is 2.42. The number of para-hydroxylation sites is 1. The van der Waals surface area contributed by atoms with E-state index in [9.17, 15) is 9.59 Å². The maximum atomic E-state index is 15.5. The molecule has 260 valence electrons. The molecule has 0 saturated carbocycles. The summed E-state index contributed by atoms with van der Waals surface area (Å²) >= 11 is 3.46. The summed E-state index contributed by atoms with van der Waals surface area (Å²) in [6, 6.07) is 23.1. The molecule has 0 radical (unpaired) electrons. The lowest BCUT2D eigenvalue weighted by Crippen LogP contribution is -2.37. The van der Waals surface area contributed by atoms with Gasteiger partial charge in [-0.2, -0.15) is 9.78 Å². The third-order valence-electron chi connectivity index (χ3n) is 8.48. The Balaban J connectivity index is 1.09. The lowest BCUT2D eigenvalue weighted by molar-refractivity contribution is 0.0357. The van der Waals surface area contributed by atoms with Crippen molar-refractivity contribution < 1.29 is 28.1 Å². The first-order valence-corrected chi connectivity index (χ1v) is 17.1. The van der Waals surface area contributed by atoms with E-state index in [1.54, 1.807) is 74.0 Å². The number of nitrogens with one attached hydrogen (secondary N) is 1. The molecule has 7 rings (SSSR count). The topological polar surface area (TPSA) is 117 Å². The fraction of sp³-hybridized carbons (Fsp3) is 0.211. The molecule has 51 heavy (non-hydrogen) atoms. The summed E-state index contributed by atoms with van der Waals surface area (Å²) in [4.78, 5) is 33.8. The fourth-order valence-corrected chi connectivity index (χ4v) is 6.35. The number of methoxy groups -OCH3 is 1. The highest BCUT2D eigenvalue weighted by atomic mass is 79.9. The number of halogens is 2. The van der Waals surface area contributed by atoms with Crippen LogP contribution in [0.25, 0.3) is 27.4 Å². The number of carbonyl (C=O) groups is 1. The maximum Gasteiger partial charge on any atom is 0.279 e. The number of hydrogen-bond donors (Lipinski definition) is 1. The average Bonchev–Trinajstić information content (AvgIpc) is 3.15. The Bertz CT molecular complexity index is 2290. The standard InChI is InChI=1S/C38H33BrFN5O6/c1-48-34-22-27-30(23-35(34)50-18-6-15-44-16-19-49-20-17-44)41-14-13-32(27)51-33-12-11-24(21-29(33)40)42-37(46)36-25-7-2-3-8-26(25)38(47)45(43-36)31-10-5-4-9-28(31)39/h2-5,7-14,21-23H,6,15-20H2,1H3,(H,42,46). The number of morpholine rings is 1. The average molecular weight is 755 g/mol. The third kappa shape index (κ3) is 7.41. The minimum absolute atomic E-state index is 0.000610. The Morgan fingerprint density at radius 1 is 0.922 bits per heavy atom. The number of anilines is 1. The van der Waals surface area contributed by atoms with Gasteiger partial charge < -0.3 is 24.3 Å². The van der Waals surface area contributed by atoms with Crippen molar-refractivity contribution in [3.63, 3.8) is 0 Å². The van der Waals surface area contributed by atoms with Crippen LogP contribution >= 0.6 is 15.9 Å². The van der Waals surface area contributed by atoms with Gasteiger partial charge >= 0.3 is 0 Å². The molecule has 6 aromatic rings. The van der Waals surface area contributed by atoms with Crippen LogP contribution in [-0.2, 0) is 4.74 Å². The zero-order valence-corrected chi connectivity index (χ0v) is 29.2. The van der Waals surface area contributed by atoms with E-state index in [-0.39, 0.29) is 22.7 Å². The van der Waals surface area contributed by atoms with Gasteiger partial charge in [-0.1, -0.05) is 30.3 Å². The monoisotopic (exact) mass is 753 g/mol. The Labute approximate surface area is 300 Å². The molecule has 3 heterocycles. The SMILES string of the molecule is COc1cc2c(Oc3ccc(NC(=O)c4nn(-c5ccccc5Br)c(=O)c5ccccc45)cc3F)ccnc2cc1OCCCN1CCOCC1. The first kappa shape index (κ1) is 34.1. The molecular weight excluding hydrogens is 721 g/mol. The minimum atomic E-state index is -0.707. The maximum absolute atomic E-state index is 15.5. The second kappa shape index (κ2) is 15.3. The number of amides is 1. The smallest absolute Gasteiger partial charge is 0.279 e. The van der Waals surface area contributed by atoms with Crippen molar-refractivity contribution in [2.75, 3.05) is 51.9 Å². The van der Waals surface area contributed by atoms with Crippen molar-refractivity contribution in [2.45, 2.75) is 6.42 Å². The van der Waals surface area contributed by atoms with Gasteiger partial charge in [-0.25, -0.2) is 4.39 Å². The van der Waals surface area contributed by atoms with Crippen molar-refractivity contribution in [2.24, 2.45) is 0 Å². The van der Waals surface area contributed by atoms with E-state index in [2.05, 4.69) is 36.2 Å². The van der Waals surface area contributed by atoms with Crippen LogP contribution < -0.4 is 25.1 Å². The van der Waals surface area contributed by atoms with Gasteiger partial charge in [-0.15, -0.1) is 0 Å². The number of benzene rings is 4. The van der Waals surface area contributed by atoms with Gasteiger partial charge in [0.05, 0.1) is 43.5 Å². The molecule has 13 heteroatoms. The number of ether oxygens (including phenoxy) is 4. The molecule has 0 spiro atoms. The van der Waals surface area contributed by atoms with Crippen LogP contribution in [0.1, 0.15) is 16.9 Å². The molecule has 11 nitrogen and oxygen atoms in total. The van der Waals surface area contributed by atoms with E-state index >= 15 is 4.39 Å². The molecule has 2 aromatic heterocycles. The number of fused-ring (bicyclic) bond motifs is 2. The first-order valence-electron chi connectivity index (χ1n) is 16.3. The molecule has 1 aliphatic heterocycles. The molecule has 0 unspecified atom stereocenters. The summed E-state index contributed by atoms with van der Waals surface area (Å²) in [7, 11) is 1.55. The van der Waals surface area contributed by atoms with E-state index in [1.807, 2.05) is 6.07 Å². The molecule has 0 bridgehead atoms. The van der Waals surface area contributed by atoms with Crippen LogP contribution in [0.3, 0.4) is 0 Å². The lowest BCUT2D eigenvalue weighted by atomic mass is 10.1. The second-order valence-electron chi connectivity index (χ2n) is 11.7. The number of aromatic nitrogens is 3. The first-order chi connectivity index (χ1) is 24.9. The summed E-state index contributed by atoms with van der Waals surface area (Å²) in [5.41, 5.74) is 0.847. The van der Waals surface area contributed by atoms with Crippen molar-refractivity contribution in [1.82, 2.24) is 19.7 Å². The Morgan fingerprint density at radius 2 is 1.71 bits per heavy atom. The number of carbonyl (C=O) groups excluding carboxylic acids is 1. The van der Waals surface area contributed by atoms with Crippen molar-refractivity contribution >= 4 is 49.2 Å². The van der Waals surface area contributed by atoms with Crippen LogP contribution in [-0.4, -0.2) is 72.1 Å². The van der Waals surface area contributed by atoms with Crippen molar-refractivity contribution in [3.05, 3.63) is 117 Å². The van der Waals surface area contributed by atoms with Crippen LogP contribution in [0.15, 0.2) is 100 Å². The van der Waals surface area contributed by atoms with Gasteiger partial charge in [0.15, 0.2) is 28.8 Å². The number of rotatable bonds is 11.